The van der Waals surface area contributed by atoms with Crippen LogP contribution in [-0.4, -0.2) is 29.9 Å². The molecule has 0 aliphatic heterocycles. The molecule has 0 spiro atoms. The molecule has 1 saturated carbocycles. The summed E-state index contributed by atoms with van der Waals surface area (Å²) in [5.41, 5.74) is 2.54. The average molecular weight is 438 g/mol. The second-order valence-corrected chi connectivity index (χ2v) is 8.87. The maximum absolute atomic E-state index is 12.4. The highest BCUT2D eigenvalue weighted by Crippen LogP contribution is 2.37. The third-order valence-corrected chi connectivity index (χ3v) is 6.70. The standard InChI is InChI=1S/C24H27N3O3S/c1-29-19-12-10-17(11-13-19)23-26-18(16-30-23)14-15-25-24(28)27-21-8-4-5-9-22(21)31-20-6-2-3-7-20/h4-5,8-13,16,20H,2-3,6-7,14-15H2,1H3,(H2,25,27,28). The van der Waals surface area contributed by atoms with Gasteiger partial charge in [0, 0.05) is 28.7 Å². The summed E-state index contributed by atoms with van der Waals surface area (Å²) in [5.74, 6) is 1.34. The lowest BCUT2D eigenvalue weighted by Crippen LogP contribution is -2.30. The van der Waals surface area contributed by atoms with Gasteiger partial charge in [-0.05, 0) is 49.2 Å². The van der Waals surface area contributed by atoms with Crippen LogP contribution in [0.3, 0.4) is 0 Å². The molecule has 1 aliphatic rings. The van der Waals surface area contributed by atoms with Crippen LogP contribution < -0.4 is 15.4 Å². The number of hydrogen-bond donors (Lipinski definition) is 2. The highest BCUT2D eigenvalue weighted by Gasteiger charge is 2.18. The summed E-state index contributed by atoms with van der Waals surface area (Å²) in [6.07, 6.45) is 7.33. The molecule has 3 aromatic rings. The van der Waals surface area contributed by atoms with Crippen molar-refractivity contribution in [1.82, 2.24) is 10.3 Å². The number of nitrogens with zero attached hydrogens (tertiary/aromatic N) is 1. The van der Waals surface area contributed by atoms with Gasteiger partial charge in [0.05, 0.1) is 18.5 Å². The van der Waals surface area contributed by atoms with Crippen molar-refractivity contribution >= 4 is 23.5 Å². The molecule has 6 nitrogen and oxygen atoms in total. The maximum Gasteiger partial charge on any atom is 0.319 e. The predicted octanol–water partition coefficient (Wildman–Crippen LogP) is 5.75. The lowest BCUT2D eigenvalue weighted by Gasteiger charge is -2.14. The van der Waals surface area contributed by atoms with Crippen molar-refractivity contribution in [3.8, 4) is 17.2 Å². The number of methoxy groups -OCH3 is 1. The van der Waals surface area contributed by atoms with Crippen molar-refractivity contribution in [3.63, 3.8) is 0 Å². The highest BCUT2D eigenvalue weighted by molar-refractivity contribution is 8.00. The van der Waals surface area contributed by atoms with Crippen molar-refractivity contribution in [1.29, 1.82) is 0 Å². The smallest absolute Gasteiger partial charge is 0.319 e. The fourth-order valence-corrected chi connectivity index (χ4v) is 4.95. The van der Waals surface area contributed by atoms with Crippen LogP contribution in [0, 0.1) is 0 Å². The Hall–Kier alpha value is -2.93. The van der Waals surface area contributed by atoms with Gasteiger partial charge < -0.3 is 19.8 Å². The van der Waals surface area contributed by atoms with E-state index in [1.54, 1.807) is 13.4 Å². The zero-order valence-electron chi connectivity index (χ0n) is 17.6. The van der Waals surface area contributed by atoms with Crippen LogP contribution in [0.15, 0.2) is 64.1 Å². The fraction of sp³-hybridized carbons (Fsp3) is 0.333. The van der Waals surface area contributed by atoms with Gasteiger partial charge in [-0.2, -0.15) is 0 Å². The van der Waals surface area contributed by atoms with Crippen LogP contribution in [0.2, 0.25) is 0 Å². The van der Waals surface area contributed by atoms with E-state index in [-0.39, 0.29) is 6.03 Å². The van der Waals surface area contributed by atoms with Crippen molar-refractivity contribution in [2.75, 3.05) is 19.0 Å². The molecular formula is C24H27N3O3S. The molecule has 1 heterocycles. The molecule has 0 radical (unpaired) electrons. The Morgan fingerprint density at radius 1 is 1.16 bits per heavy atom. The molecule has 0 unspecified atom stereocenters. The van der Waals surface area contributed by atoms with Gasteiger partial charge in [-0.3, -0.25) is 0 Å². The van der Waals surface area contributed by atoms with Gasteiger partial charge in [0.1, 0.15) is 12.0 Å². The largest absolute Gasteiger partial charge is 0.497 e. The summed E-state index contributed by atoms with van der Waals surface area (Å²) in [6.45, 7) is 0.471. The predicted molar refractivity (Wildman–Crippen MR) is 124 cm³/mol. The van der Waals surface area contributed by atoms with Crippen LogP contribution in [0.1, 0.15) is 31.4 Å². The van der Waals surface area contributed by atoms with Crippen molar-refractivity contribution in [3.05, 3.63) is 60.5 Å². The number of thioether (sulfide) groups is 1. The molecule has 2 amide bonds. The number of benzene rings is 2. The maximum atomic E-state index is 12.4. The Bertz CT molecular complexity index is 997. The first kappa shape index (κ1) is 21.3. The zero-order chi connectivity index (χ0) is 21.5. The first-order chi connectivity index (χ1) is 15.2. The molecule has 2 N–H and O–H groups in total. The monoisotopic (exact) mass is 437 g/mol. The van der Waals surface area contributed by atoms with E-state index in [4.69, 9.17) is 9.15 Å². The summed E-state index contributed by atoms with van der Waals surface area (Å²) in [4.78, 5) is 18.0. The minimum atomic E-state index is -0.210. The van der Waals surface area contributed by atoms with Crippen LogP contribution in [0.25, 0.3) is 11.5 Å². The Morgan fingerprint density at radius 3 is 2.71 bits per heavy atom. The van der Waals surface area contributed by atoms with Crippen LogP contribution >= 0.6 is 11.8 Å². The van der Waals surface area contributed by atoms with Crippen LogP contribution in [-0.2, 0) is 6.42 Å². The van der Waals surface area contributed by atoms with E-state index in [2.05, 4.69) is 21.7 Å². The molecule has 0 atom stereocenters. The average Bonchev–Trinajstić information content (AvgIpc) is 3.48. The number of urea groups is 1. The van der Waals surface area contributed by atoms with E-state index < -0.39 is 0 Å². The van der Waals surface area contributed by atoms with E-state index in [0.29, 0.717) is 24.1 Å². The number of anilines is 1. The van der Waals surface area contributed by atoms with Gasteiger partial charge in [-0.25, -0.2) is 9.78 Å². The Balaban J connectivity index is 1.27. The molecule has 1 aromatic heterocycles. The molecule has 162 valence electrons. The quantitative estimate of drug-likeness (QED) is 0.469. The molecule has 31 heavy (non-hydrogen) atoms. The van der Waals surface area contributed by atoms with E-state index >= 15 is 0 Å². The van der Waals surface area contributed by atoms with Gasteiger partial charge in [-0.1, -0.05) is 25.0 Å². The number of ether oxygens (including phenoxy) is 1. The van der Waals surface area contributed by atoms with Gasteiger partial charge >= 0.3 is 6.03 Å². The van der Waals surface area contributed by atoms with E-state index in [9.17, 15) is 4.79 Å². The van der Waals surface area contributed by atoms with E-state index in [1.165, 1.54) is 25.7 Å². The Kier molecular flexibility index (Phi) is 7.14. The Labute approximate surface area is 186 Å². The van der Waals surface area contributed by atoms with Crippen molar-refractivity contribution in [2.24, 2.45) is 0 Å². The van der Waals surface area contributed by atoms with E-state index in [1.807, 2.05) is 54.2 Å². The minimum Gasteiger partial charge on any atom is -0.497 e. The zero-order valence-corrected chi connectivity index (χ0v) is 18.4. The number of nitrogens with one attached hydrogen (secondary N) is 2. The molecule has 2 aromatic carbocycles. The number of oxazole rings is 1. The summed E-state index contributed by atoms with van der Waals surface area (Å²) in [6, 6.07) is 15.3. The van der Waals surface area contributed by atoms with Gasteiger partial charge in [0.2, 0.25) is 5.89 Å². The number of para-hydroxylation sites is 1. The molecule has 1 aliphatic carbocycles. The number of carbonyl (C=O) groups excluding carboxylic acids is 1. The first-order valence-corrected chi connectivity index (χ1v) is 11.5. The SMILES string of the molecule is COc1ccc(-c2nc(CCNC(=O)Nc3ccccc3SC3CCCC3)co2)cc1. The van der Waals surface area contributed by atoms with Gasteiger partial charge in [0.25, 0.3) is 0 Å². The Morgan fingerprint density at radius 2 is 1.94 bits per heavy atom. The summed E-state index contributed by atoms with van der Waals surface area (Å²) >= 11 is 1.87. The number of hydrogen-bond acceptors (Lipinski definition) is 5. The minimum absolute atomic E-state index is 0.210. The second-order valence-electron chi connectivity index (χ2n) is 7.52. The molecule has 0 saturated heterocycles. The number of aromatic nitrogens is 1. The topological polar surface area (TPSA) is 76.4 Å². The highest BCUT2D eigenvalue weighted by atomic mass is 32.2. The molecule has 4 rings (SSSR count). The van der Waals surface area contributed by atoms with E-state index in [0.717, 1.165) is 27.6 Å². The summed E-state index contributed by atoms with van der Waals surface area (Å²) < 4.78 is 10.7. The summed E-state index contributed by atoms with van der Waals surface area (Å²) in [7, 11) is 1.63. The molecular weight excluding hydrogens is 410 g/mol. The van der Waals surface area contributed by atoms with Gasteiger partial charge in [-0.15, -0.1) is 11.8 Å². The third kappa shape index (κ3) is 5.82. The molecule has 1 fully saturated rings. The fourth-order valence-electron chi connectivity index (χ4n) is 3.62. The molecule has 7 heteroatoms. The number of amides is 2. The summed E-state index contributed by atoms with van der Waals surface area (Å²) in [5, 5.41) is 6.54. The van der Waals surface area contributed by atoms with Gasteiger partial charge in [0.15, 0.2) is 0 Å². The second kappa shape index (κ2) is 10.4. The molecule has 0 bridgehead atoms. The lowest BCUT2D eigenvalue weighted by atomic mass is 10.2. The first-order valence-electron chi connectivity index (χ1n) is 10.6. The number of carbonyl (C=O) groups is 1. The van der Waals surface area contributed by atoms with Crippen LogP contribution in [0.5, 0.6) is 5.75 Å². The third-order valence-electron chi connectivity index (χ3n) is 5.29. The van der Waals surface area contributed by atoms with Crippen molar-refractivity contribution < 1.29 is 13.9 Å². The number of rotatable bonds is 8. The van der Waals surface area contributed by atoms with Crippen molar-refractivity contribution in [2.45, 2.75) is 42.2 Å². The lowest BCUT2D eigenvalue weighted by molar-refractivity contribution is 0.252. The normalized spacial score (nSPS) is 13.8. The van der Waals surface area contributed by atoms with Crippen LogP contribution in [0.4, 0.5) is 10.5 Å².